The third-order valence-corrected chi connectivity index (χ3v) is 3.09. The highest BCUT2D eigenvalue weighted by Gasteiger charge is 2.01. The third-order valence-electron chi connectivity index (χ3n) is 3.09. The van der Waals surface area contributed by atoms with Crippen molar-refractivity contribution >= 4 is 10.9 Å². The van der Waals surface area contributed by atoms with E-state index >= 15 is 0 Å². The van der Waals surface area contributed by atoms with Crippen molar-refractivity contribution in [1.29, 1.82) is 0 Å². The van der Waals surface area contributed by atoms with Gasteiger partial charge in [0, 0.05) is 24.7 Å². The summed E-state index contributed by atoms with van der Waals surface area (Å²) in [4.78, 5) is 4.32. The van der Waals surface area contributed by atoms with Crippen molar-refractivity contribution in [3.8, 4) is 5.75 Å². The molecular formula is C17H24N2O2. The van der Waals surface area contributed by atoms with Crippen molar-refractivity contribution in [1.82, 2.24) is 10.3 Å². The van der Waals surface area contributed by atoms with E-state index in [1.807, 2.05) is 30.3 Å². The van der Waals surface area contributed by atoms with Gasteiger partial charge in [-0.25, -0.2) is 0 Å². The molecule has 1 aromatic heterocycles. The zero-order valence-electron chi connectivity index (χ0n) is 12.8. The molecule has 0 saturated heterocycles. The molecule has 4 heteroatoms. The Hall–Kier alpha value is -1.65. The van der Waals surface area contributed by atoms with Gasteiger partial charge in [-0.3, -0.25) is 4.98 Å². The van der Waals surface area contributed by atoms with Crippen LogP contribution in [-0.2, 0) is 4.74 Å². The van der Waals surface area contributed by atoms with Crippen LogP contribution in [-0.4, -0.2) is 37.4 Å². The van der Waals surface area contributed by atoms with Crippen LogP contribution in [0.4, 0.5) is 0 Å². The summed E-state index contributed by atoms with van der Waals surface area (Å²) >= 11 is 0. The molecule has 0 unspecified atom stereocenters. The Balaban J connectivity index is 1.66. The minimum absolute atomic E-state index is 0.313. The van der Waals surface area contributed by atoms with Crippen LogP contribution in [0.3, 0.4) is 0 Å². The topological polar surface area (TPSA) is 43.4 Å². The SMILES string of the molecule is CC(C)OCCCNCCOc1cccc2ncccc12. The average molecular weight is 288 g/mol. The van der Waals surface area contributed by atoms with Crippen molar-refractivity contribution in [2.24, 2.45) is 0 Å². The summed E-state index contributed by atoms with van der Waals surface area (Å²) in [6.45, 7) is 7.35. The molecule has 1 heterocycles. The fourth-order valence-corrected chi connectivity index (χ4v) is 2.08. The number of hydrogen-bond donors (Lipinski definition) is 1. The summed E-state index contributed by atoms with van der Waals surface area (Å²) < 4.78 is 11.3. The molecule has 0 radical (unpaired) electrons. The molecule has 0 atom stereocenters. The summed E-state index contributed by atoms with van der Waals surface area (Å²) in [5.41, 5.74) is 0.966. The molecule has 1 aromatic carbocycles. The Morgan fingerprint density at radius 1 is 1.10 bits per heavy atom. The number of hydrogen-bond acceptors (Lipinski definition) is 4. The molecule has 1 N–H and O–H groups in total. The maximum absolute atomic E-state index is 5.83. The fraction of sp³-hybridized carbons (Fsp3) is 0.471. The smallest absolute Gasteiger partial charge is 0.128 e. The molecule has 0 fully saturated rings. The second-order valence-corrected chi connectivity index (χ2v) is 5.20. The first-order valence-electron chi connectivity index (χ1n) is 7.56. The van der Waals surface area contributed by atoms with Gasteiger partial charge >= 0.3 is 0 Å². The van der Waals surface area contributed by atoms with E-state index in [0.29, 0.717) is 12.7 Å². The van der Waals surface area contributed by atoms with Crippen LogP contribution >= 0.6 is 0 Å². The standard InChI is InChI=1S/C17H24N2O2/c1-14(2)20-12-5-9-18-11-13-21-17-8-3-7-16-15(17)6-4-10-19-16/h3-4,6-8,10,14,18H,5,9,11-13H2,1-2H3. The summed E-state index contributed by atoms with van der Waals surface area (Å²) in [5.74, 6) is 0.894. The second kappa shape index (κ2) is 8.60. The summed E-state index contributed by atoms with van der Waals surface area (Å²) in [5, 5.41) is 4.42. The number of aromatic nitrogens is 1. The molecule has 0 bridgehead atoms. The lowest BCUT2D eigenvalue weighted by Crippen LogP contribution is -2.23. The largest absolute Gasteiger partial charge is 0.492 e. The van der Waals surface area contributed by atoms with Gasteiger partial charge in [-0.05, 0) is 51.1 Å². The summed E-state index contributed by atoms with van der Waals surface area (Å²) in [6, 6.07) is 9.92. The predicted molar refractivity (Wildman–Crippen MR) is 85.8 cm³/mol. The van der Waals surface area contributed by atoms with Gasteiger partial charge < -0.3 is 14.8 Å². The highest BCUT2D eigenvalue weighted by Crippen LogP contribution is 2.23. The molecule has 0 aliphatic rings. The van der Waals surface area contributed by atoms with Gasteiger partial charge in [0.05, 0.1) is 11.6 Å². The number of nitrogens with one attached hydrogen (secondary N) is 1. The minimum Gasteiger partial charge on any atom is -0.492 e. The average Bonchev–Trinajstić information content (AvgIpc) is 2.50. The lowest BCUT2D eigenvalue weighted by atomic mass is 10.2. The molecule has 0 amide bonds. The van der Waals surface area contributed by atoms with Crippen LogP contribution in [0.2, 0.25) is 0 Å². The van der Waals surface area contributed by atoms with E-state index in [2.05, 4.69) is 24.1 Å². The summed E-state index contributed by atoms with van der Waals surface area (Å²) in [7, 11) is 0. The first-order chi connectivity index (χ1) is 10.3. The van der Waals surface area contributed by atoms with Crippen molar-refractivity contribution in [2.45, 2.75) is 26.4 Å². The molecule has 4 nitrogen and oxygen atoms in total. The monoisotopic (exact) mass is 288 g/mol. The van der Waals surface area contributed by atoms with E-state index in [1.165, 1.54) is 0 Å². The van der Waals surface area contributed by atoms with Gasteiger partial charge in [0.25, 0.3) is 0 Å². The quantitative estimate of drug-likeness (QED) is 0.720. The van der Waals surface area contributed by atoms with Gasteiger partial charge in [0.2, 0.25) is 0 Å². The van der Waals surface area contributed by atoms with Gasteiger partial charge in [0.15, 0.2) is 0 Å². The zero-order valence-corrected chi connectivity index (χ0v) is 12.8. The number of benzene rings is 1. The lowest BCUT2D eigenvalue weighted by Gasteiger charge is -2.10. The van der Waals surface area contributed by atoms with Gasteiger partial charge in [-0.1, -0.05) is 6.07 Å². The Bertz CT molecular complexity index is 538. The Labute approximate surface area is 126 Å². The van der Waals surface area contributed by atoms with Gasteiger partial charge in [0.1, 0.15) is 12.4 Å². The van der Waals surface area contributed by atoms with Crippen molar-refractivity contribution in [3.63, 3.8) is 0 Å². The fourth-order valence-electron chi connectivity index (χ4n) is 2.08. The van der Waals surface area contributed by atoms with E-state index in [0.717, 1.165) is 42.8 Å². The number of pyridine rings is 1. The number of fused-ring (bicyclic) bond motifs is 1. The van der Waals surface area contributed by atoms with E-state index in [1.54, 1.807) is 6.20 Å². The van der Waals surface area contributed by atoms with Crippen molar-refractivity contribution < 1.29 is 9.47 Å². The van der Waals surface area contributed by atoms with Gasteiger partial charge in [-0.2, -0.15) is 0 Å². The van der Waals surface area contributed by atoms with E-state index < -0.39 is 0 Å². The maximum atomic E-state index is 5.83. The van der Waals surface area contributed by atoms with Crippen LogP contribution in [0.25, 0.3) is 10.9 Å². The summed E-state index contributed by atoms with van der Waals surface area (Å²) in [6.07, 6.45) is 3.14. The molecule has 0 aliphatic carbocycles. The molecule has 114 valence electrons. The normalized spacial score (nSPS) is 11.2. The van der Waals surface area contributed by atoms with Crippen molar-refractivity contribution in [2.75, 3.05) is 26.3 Å². The zero-order chi connectivity index (χ0) is 14.9. The number of rotatable bonds is 9. The first-order valence-corrected chi connectivity index (χ1v) is 7.56. The van der Waals surface area contributed by atoms with Crippen LogP contribution < -0.4 is 10.1 Å². The molecule has 2 aromatic rings. The Morgan fingerprint density at radius 2 is 2.00 bits per heavy atom. The molecule has 21 heavy (non-hydrogen) atoms. The maximum Gasteiger partial charge on any atom is 0.128 e. The first kappa shape index (κ1) is 15.7. The van der Waals surface area contributed by atoms with Gasteiger partial charge in [-0.15, -0.1) is 0 Å². The van der Waals surface area contributed by atoms with E-state index in [4.69, 9.17) is 9.47 Å². The van der Waals surface area contributed by atoms with Crippen LogP contribution in [0.15, 0.2) is 36.5 Å². The van der Waals surface area contributed by atoms with Crippen LogP contribution in [0.1, 0.15) is 20.3 Å². The number of nitrogens with zero attached hydrogens (tertiary/aromatic N) is 1. The van der Waals surface area contributed by atoms with E-state index in [-0.39, 0.29) is 0 Å². The Kier molecular flexibility index (Phi) is 6.44. The Morgan fingerprint density at radius 3 is 2.86 bits per heavy atom. The lowest BCUT2D eigenvalue weighted by molar-refractivity contribution is 0.0770. The van der Waals surface area contributed by atoms with Crippen LogP contribution in [0, 0.1) is 0 Å². The minimum atomic E-state index is 0.313. The molecule has 0 aliphatic heterocycles. The van der Waals surface area contributed by atoms with Crippen molar-refractivity contribution in [3.05, 3.63) is 36.5 Å². The molecule has 0 spiro atoms. The van der Waals surface area contributed by atoms with E-state index in [9.17, 15) is 0 Å². The molecule has 2 rings (SSSR count). The predicted octanol–water partition coefficient (Wildman–Crippen LogP) is 3.02. The second-order valence-electron chi connectivity index (χ2n) is 5.20. The highest BCUT2D eigenvalue weighted by molar-refractivity contribution is 5.84. The third kappa shape index (κ3) is 5.33. The van der Waals surface area contributed by atoms with Crippen LogP contribution in [0.5, 0.6) is 5.75 Å². The number of ether oxygens (including phenoxy) is 2. The molecule has 0 saturated carbocycles. The molecular weight excluding hydrogens is 264 g/mol. The highest BCUT2D eigenvalue weighted by atomic mass is 16.5.